The summed E-state index contributed by atoms with van der Waals surface area (Å²) in [4.78, 5) is 36.0. The van der Waals surface area contributed by atoms with Gasteiger partial charge in [0, 0.05) is 17.8 Å². The third kappa shape index (κ3) is 3.81. The molecule has 0 fully saturated rings. The summed E-state index contributed by atoms with van der Waals surface area (Å²) in [5.41, 5.74) is 2.43. The van der Waals surface area contributed by atoms with Gasteiger partial charge in [0.15, 0.2) is 10.7 Å². The maximum atomic E-state index is 15.0. The summed E-state index contributed by atoms with van der Waals surface area (Å²) in [5, 5.41) is 10.9. The maximum absolute atomic E-state index is 15.0. The molecule has 0 radical (unpaired) electrons. The van der Waals surface area contributed by atoms with Gasteiger partial charge in [-0.05, 0) is 52.2 Å². The number of hydrogen-bond acceptors (Lipinski definition) is 6. The van der Waals surface area contributed by atoms with Crippen LogP contribution in [0, 0.1) is 12.7 Å². The Bertz CT molecular complexity index is 1500. The van der Waals surface area contributed by atoms with E-state index in [0.717, 1.165) is 11.0 Å². The monoisotopic (exact) mass is 492 g/mol. The van der Waals surface area contributed by atoms with Gasteiger partial charge in [-0.15, -0.1) is 0 Å². The van der Waals surface area contributed by atoms with Crippen molar-refractivity contribution in [3.05, 3.63) is 81.8 Å². The Kier molecular flexibility index (Phi) is 5.90. The Morgan fingerprint density at radius 2 is 1.89 bits per heavy atom. The lowest BCUT2D eigenvalue weighted by molar-refractivity contribution is -0.129. The minimum Gasteiger partial charge on any atom is -0.503 e. The van der Waals surface area contributed by atoms with Crippen LogP contribution in [-0.2, 0) is 4.79 Å². The van der Waals surface area contributed by atoms with Crippen LogP contribution in [0.3, 0.4) is 0 Å². The number of aliphatic hydroxyl groups is 1. The normalized spacial score (nSPS) is 16.4. The van der Waals surface area contributed by atoms with Gasteiger partial charge in [-0.2, -0.15) is 0 Å². The van der Waals surface area contributed by atoms with E-state index in [4.69, 9.17) is 0 Å². The van der Waals surface area contributed by atoms with Gasteiger partial charge in [0.25, 0.3) is 5.91 Å². The highest BCUT2D eigenvalue weighted by atomic mass is 32.1. The molecule has 2 aromatic carbocycles. The highest BCUT2D eigenvalue weighted by molar-refractivity contribution is 7.19. The molecular formula is C26H25FN4O3S. The van der Waals surface area contributed by atoms with Gasteiger partial charge in [0.05, 0.1) is 27.5 Å². The number of fused-ring (bicyclic) bond motifs is 3. The van der Waals surface area contributed by atoms with Gasteiger partial charge in [-0.25, -0.2) is 9.37 Å². The molecule has 0 bridgehead atoms. The molecule has 7 nitrogen and oxygen atoms in total. The van der Waals surface area contributed by atoms with Crippen LogP contribution in [0.15, 0.2) is 59.9 Å². The molecule has 35 heavy (non-hydrogen) atoms. The Morgan fingerprint density at radius 3 is 2.63 bits per heavy atom. The fourth-order valence-electron chi connectivity index (χ4n) is 4.69. The number of rotatable bonds is 7. The summed E-state index contributed by atoms with van der Waals surface area (Å²) in [7, 11) is 3.84. The van der Waals surface area contributed by atoms with Crippen LogP contribution in [0.5, 0.6) is 0 Å². The number of aliphatic hydroxyl groups excluding tert-OH is 1. The fraction of sp³-hybridized carbons (Fsp3) is 0.269. The van der Waals surface area contributed by atoms with Crippen molar-refractivity contribution in [1.29, 1.82) is 0 Å². The highest BCUT2D eigenvalue weighted by Gasteiger charge is 2.45. The van der Waals surface area contributed by atoms with Gasteiger partial charge >= 0.3 is 0 Å². The van der Waals surface area contributed by atoms with Gasteiger partial charge < -0.3 is 14.9 Å². The van der Waals surface area contributed by atoms with Crippen LogP contribution in [0.1, 0.15) is 33.4 Å². The highest BCUT2D eigenvalue weighted by Crippen LogP contribution is 2.41. The first-order valence-electron chi connectivity index (χ1n) is 11.3. The van der Waals surface area contributed by atoms with Crippen LogP contribution >= 0.6 is 11.3 Å². The second kappa shape index (κ2) is 8.90. The van der Waals surface area contributed by atoms with Crippen molar-refractivity contribution >= 4 is 39.0 Å². The zero-order valence-corrected chi connectivity index (χ0v) is 20.5. The van der Waals surface area contributed by atoms with Crippen molar-refractivity contribution in [1.82, 2.24) is 19.2 Å². The van der Waals surface area contributed by atoms with E-state index >= 15 is 0 Å². The number of carbonyl (C=O) groups is 2. The number of nitrogens with zero attached hydrogens (tertiary/aromatic N) is 4. The lowest BCUT2D eigenvalue weighted by Gasteiger charge is -2.27. The van der Waals surface area contributed by atoms with Gasteiger partial charge in [-0.1, -0.05) is 41.7 Å². The number of amides is 1. The zero-order chi connectivity index (χ0) is 24.9. The second-order valence-corrected chi connectivity index (χ2v) is 9.88. The third-order valence-electron chi connectivity index (χ3n) is 6.35. The summed E-state index contributed by atoms with van der Waals surface area (Å²) in [6.45, 7) is 2.78. The average molecular weight is 493 g/mol. The van der Waals surface area contributed by atoms with Gasteiger partial charge in [-0.3, -0.25) is 14.0 Å². The largest absolute Gasteiger partial charge is 0.503 e. The van der Waals surface area contributed by atoms with Crippen LogP contribution < -0.4 is 0 Å². The first-order chi connectivity index (χ1) is 16.8. The molecular weight excluding hydrogens is 467 g/mol. The molecule has 9 heteroatoms. The molecule has 1 aliphatic rings. The number of halogens is 1. The van der Waals surface area contributed by atoms with E-state index in [0.29, 0.717) is 28.5 Å². The molecule has 4 aromatic rings. The first kappa shape index (κ1) is 23.2. The topological polar surface area (TPSA) is 78.2 Å². The third-order valence-corrected chi connectivity index (χ3v) is 7.49. The van der Waals surface area contributed by atoms with Crippen LogP contribution in [0.4, 0.5) is 4.39 Å². The second-order valence-electron chi connectivity index (χ2n) is 8.91. The van der Waals surface area contributed by atoms with Crippen LogP contribution in [0.25, 0.3) is 16.0 Å². The lowest BCUT2D eigenvalue weighted by Crippen LogP contribution is -2.34. The van der Waals surface area contributed by atoms with Crippen molar-refractivity contribution < 1.29 is 19.1 Å². The zero-order valence-electron chi connectivity index (χ0n) is 19.7. The van der Waals surface area contributed by atoms with E-state index in [1.807, 2.05) is 54.6 Å². The summed E-state index contributed by atoms with van der Waals surface area (Å²) >= 11 is 1.20. The van der Waals surface area contributed by atoms with Crippen molar-refractivity contribution in [3.8, 4) is 0 Å². The predicted molar refractivity (Wildman–Crippen MR) is 133 cm³/mol. The summed E-state index contributed by atoms with van der Waals surface area (Å²) in [6.07, 6.45) is 0.607. The molecule has 1 aliphatic heterocycles. The van der Waals surface area contributed by atoms with Gasteiger partial charge in [0.2, 0.25) is 5.78 Å². The molecule has 2 aromatic heterocycles. The average Bonchev–Trinajstić information content (AvgIpc) is 3.43. The van der Waals surface area contributed by atoms with Crippen molar-refractivity contribution in [2.24, 2.45) is 0 Å². The molecule has 5 rings (SSSR count). The molecule has 0 aliphatic carbocycles. The number of aryl methyl sites for hydroxylation is 1. The van der Waals surface area contributed by atoms with Gasteiger partial charge in [0.1, 0.15) is 5.82 Å². The van der Waals surface area contributed by atoms with E-state index in [2.05, 4.69) is 4.98 Å². The summed E-state index contributed by atoms with van der Waals surface area (Å²) < 4.78 is 16.9. The minimum atomic E-state index is -1.01. The standard InChI is InChI=1S/C26H25FN4O3S/c1-15-24(35-26-28-18-11-6-7-12-19(18)31(15)26)22(32)20-21(16-9-4-5-10-17(16)27)30(25(34)23(20)33)14-8-13-29(2)3/h4-7,9-12,21,33H,8,13-14H2,1-3H3. The van der Waals surface area contributed by atoms with E-state index in [1.165, 1.54) is 22.3 Å². The molecule has 1 amide bonds. The number of thiazole rings is 1. The number of ketones is 1. The number of hydrogen-bond donors (Lipinski definition) is 1. The quantitative estimate of drug-likeness (QED) is 0.384. The Balaban J connectivity index is 1.61. The van der Waals surface area contributed by atoms with Crippen molar-refractivity contribution in [3.63, 3.8) is 0 Å². The van der Waals surface area contributed by atoms with Crippen LogP contribution in [-0.4, -0.2) is 63.2 Å². The number of benzene rings is 2. The first-order valence-corrected chi connectivity index (χ1v) is 12.2. The van der Waals surface area contributed by atoms with Crippen molar-refractivity contribution in [2.75, 3.05) is 27.2 Å². The fourth-order valence-corrected chi connectivity index (χ4v) is 5.78. The minimum absolute atomic E-state index is 0.0955. The number of aromatic nitrogens is 2. The lowest BCUT2D eigenvalue weighted by atomic mass is 9.94. The van der Waals surface area contributed by atoms with E-state index < -0.39 is 29.3 Å². The maximum Gasteiger partial charge on any atom is 0.290 e. The van der Waals surface area contributed by atoms with Crippen molar-refractivity contribution in [2.45, 2.75) is 19.4 Å². The number of Topliss-reactive ketones (excluding diaryl/α,β-unsaturated/α-hetero) is 1. The number of carbonyl (C=O) groups excluding carboxylic acids is 2. The Hall–Kier alpha value is -3.56. The number of para-hydroxylation sites is 2. The molecule has 3 heterocycles. The smallest absolute Gasteiger partial charge is 0.290 e. The molecule has 1 N–H and O–H groups in total. The van der Waals surface area contributed by atoms with E-state index in [9.17, 15) is 19.1 Å². The molecule has 1 atom stereocenters. The predicted octanol–water partition coefficient (Wildman–Crippen LogP) is 4.53. The molecule has 0 saturated carbocycles. The molecule has 0 spiro atoms. The Morgan fingerprint density at radius 1 is 1.17 bits per heavy atom. The Labute approximate surface area is 205 Å². The molecule has 1 unspecified atom stereocenters. The molecule has 180 valence electrons. The molecule has 0 saturated heterocycles. The van der Waals surface area contributed by atoms with E-state index in [-0.39, 0.29) is 17.7 Å². The summed E-state index contributed by atoms with van der Waals surface area (Å²) in [6, 6.07) is 12.7. The van der Waals surface area contributed by atoms with E-state index in [1.54, 1.807) is 18.2 Å². The number of imidazole rings is 1. The van der Waals surface area contributed by atoms with Crippen LogP contribution in [0.2, 0.25) is 0 Å². The summed E-state index contributed by atoms with van der Waals surface area (Å²) in [5.74, 6) is -2.31. The SMILES string of the molecule is Cc1c(C(=O)C2=C(O)C(=O)N(CCCN(C)C)C2c2ccccc2F)sc2nc3ccccc3n12.